The van der Waals surface area contributed by atoms with Crippen LogP contribution in [0, 0.1) is 11.6 Å². The summed E-state index contributed by atoms with van der Waals surface area (Å²) in [5, 5.41) is 13.2. The molecule has 3 aromatic rings. The number of carboxylic acid groups (broad SMARTS) is 1. The number of benzene rings is 1. The number of rotatable bonds is 5. The average molecular weight is 345 g/mol. The lowest BCUT2D eigenvalue weighted by atomic mass is 10.2. The zero-order chi connectivity index (χ0) is 18.0. The molecule has 0 aliphatic carbocycles. The van der Waals surface area contributed by atoms with Crippen LogP contribution in [0.15, 0.2) is 41.5 Å². The SMILES string of the molecule is NC(=NCC(=O)O)c1nn(Cc2ccccc2F)c2ncc(F)cc12. The van der Waals surface area contributed by atoms with Crippen molar-refractivity contribution in [2.45, 2.75) is 6.54 Å². The molecular formula is C16H13F2N5O2. The van der Waals surface area contributed by atoms with Gasteiger partial charge in [0, 0.05) is 5.56 Å². The molecule has 0 saturated heterocycles. The molecule has 0 fully saturated rings. The zero-order valence-electron chi connectivity index (χ0n) is 12.9. The molecule has 7 nitrogen and oxygen atoms in total. The number of halogens is 2. The first kappa shape index (κ1) is 16.5. The highest BCUT2D eigenvalue weighted by Crippen LogP contribution is 2.19. The van der Waals surface area contributed by atoms with Gasteiger partial charge in [0.25, 0.3) is 0 Å². The van der Waals surface area contributed by atoms with Crippen molar-refractivity contribution in [3.05, 3.63) is 59.4 Å². The summed E-state index contributed by atoms with van der Waals surface area (Å²) in [6, 6.07) is 7.33. The van der Waals surface area contributed by atoms with Crippen LogP contribution in [-0.4, -0.2) is 38.2 Å². The van der Waals surface area contributed by atoms with E-state index in [0.29, 0.717) is 5.56 Å². The summed E-state index contributed by atoms with van der Waals surface area (Å²) >= 11 is 0. The number of fused-ring (bicyclic) bond motifs is 1. The highest BCUT2D eigenvalue weighted by atomic mass is 19.1. The molecule has 0 unspecified atom stereocenters. The van der Waals surface area contributed by atoms with Crippen LogP contribution in [0.2, 0.25) is 0 Å². The van der Waals surface area contributed by atoms with Gasteiger partial charge in [-0.1, -0.05) is 18.2 Å². The topological polar surface area (TPSA) is 106 Å². The first-order chi connectivity index (χ1) is 12.0. The summed E-state index contributed by atoms with van der Waals surface area (Å²) in [7, 11) is 0. The molecule has 2 heterocycles. The monoisotopic (exact) mass is 345 g/mol. The first-order valence-corrected chi connectivity index (χ1v) is 7.23. The van der Waals surface area contributed by atoms with E-state index in [2.05, 4.69) is 15.1 Å². The van der Waals surface area contributed by atoms with Crippen molar-refractivity contribution < 1.29 is 18.7 Å². The molecule has 0 atom stereocenters. The third kappa shape index (κ3) is 3.44. The van der Waals surface area contributed by atoms with Crippen LogP contribution in [0.25, 0.3) is 11.0 Å². The number of aliphatic imine (C=N–C) groups is 1. The van der Waals surface area contributed by atoms with Crippen LogP contribution in [0.3, 0.4) is 0 Å². The van der Waals surface area contributed by atoms with E-state index in [9.17, 15) is 13.6 Å². The van der Waals surface area contributed by atoms with Crippen molar-refractivity contribution >= 4 is 22.8 Å². The lowest BCUT2D eigenvalue weighted by Gasteiger charge is -2.04. The average Bonchev–Trinajstić information content (AvgIpc) is 2.92. The maximum atomic E-state index is 13.9. The zero-order valence-corrected chi connectivity index (χ0v) is 12.9. The quantitative estimate of drug-likeness (QED) is 0.539. The Morgan fingerprint density at radius 1 is 1.32 bits per heavy atom. The van der Waals surface area contributed by atoms with Crippen molar-refractivity contribution in [3.8, 4) is 0 Å². The molecule has 25 heavy (non-hydrogen) atoms. The fourth-order valence-electron chi connectivity index (χ4n) is 2.35. The van der Waals surface area contributed by atoms with Gasteiger partial charge in [0.2, 0.25) is 0 Å². The van der Waals surface area contributed by atoms with Crippen LogP contribution in [0.5, 0.6) is 0 Å². The Morgan fingerprint density at radius 3 is 2.80 bits per heavy atom. The van der Waals surface area contributed by atoms with Gasteiger partial charge in [-0.25, -0.2) is 18.4 Å². The molecule has 0 amide bonds. The van der Waals surface area contributed by atoms with Gasteiger partial charge < -0.3 is 10.8 Å². The van der Waals surface area contributed by atoms with Crippen molar-refractivity contribution in [1.82, 2.24) is 14.8 Å². The fourth-order valence-corrected chi connectivity index (χ4v) is 2.35. The summed E-state index contributed by atoms with van der Waals surface area (Å²) in [6.07, 6.45) is 1.01. The van der Waals surface area contributed by atoms with Gasteiger partial charge >= 0.3 is 5.97 Å². The Labute approximate surface area is 140 Å². The Morgan fingerprint density at radius 2 is 2.08 bits per heavy atom. The molecule has 128 valence electrons. The van der Waals surface area contributed by atoms with Gasteiger partial charge in [-0.2, -0.15) is 5.10 Å². The lowest BCUT2D eigenvalue weighted by molar-refractivity contribution is -0.135. The Bertz CT molecular complexity index is 984. The Kier molecular flexibility index (Phi) is 4.38. The molecule has 3 rings (SSSR count). The Hall–Kier alpha value is -3.36. The third-order valence-electron chi connectivity index (χ3n) is 3.46. The van der Waals surface area contributed by atoms with E-state index < -0.39 is 24.1 Å². The minimum atomic E-state index is -1.16. The minimum absolute atomic E-state index is 0.0496. The van der Waals surface area contributed by atoms with Gasteiger partial charge in [0.15, 0.2) is 5.65 Å². The molecular weight excluding hydrogens is 332 g/mol. The van der Waals surface area contributed by atoms with E-state index in [-0.39, 0.29) is 29.1 Å². The van der Waals surface area contributed by atoms with Gasteiger partial charge in [0.05, 0.1) is 18.1 Å². The van der Waals surface area contributed by atoms with E-state index in [1.807, 2.05) is 0 Å². The number of nitrogens with two attached hydrogens (primary N) is 1. The Balaban J connectivity index is 2.09. The summed E-state index contributed by atoms with van der Waals surface area (Å²) in [5.74, 6) is -2.35. The number of pyridine rings is 1. The highest BCUT2D eigenvalue weighted by molar-refractivity contribution is 6.06. The fraction of sp³-hybridized carbons (Fsp3) is 0.125. The molecule has 2 aromatic heterocycles. The van der Waals surface area contributed by atoms with Crippen LogP contribution in [-0.2, 0) is 11.3 Å². The van der Waals surface area contributed by atoms with E-state index in [1.165, 1.54) is 16.8 Å². The standard InChI is InChI=1S/C16H13F2N5O2/c17-10-5-11-14(15(19)20-7-13(24)25)22-23(16(11)21-6-10)8-9-3-1-2-4-12(9)18/h1-6H,7-8H2,(H2,19,20)(H,24,25). The van der Waals surface area contributed by atoms with Crippen molar-refractivity contribution in [3.63, 3.8) is 0 Å². The summed E-state index contributed by atoms with van der Waals surface area (Å²) in [6.45, 7) is -0.496. The molecule has 0 spiro atoms. The molecule has 9 heteroatoms. The van der Waals surface area contributed by atoms with Gasteiger partial charge in [0.1, 0.15) is 29.7 Å². The number of hydrogen-bond acceptors (Lipinski definition) is 4. The molecule has 0 aliphatic rings. The second kappa shape index (κ2) is 6.63. The third-order valence-corrected chi connectivity index (χ3v) is 3.46. The predicted octanol–water partition coefficient (Wildman–Crippen LogP) is 1.55. The van der Waals surface area contributed by atoms with Crippen LogP contribution in [0.4, 0.5) is 8.78 Å². The highest BCUT2D eigenvalue weighted by Gasteiger charge is 2.17. The number of aromatic nitrogens is 3. The number of hydrogen-bond donors (Lipinski definition) is 2. The number of carbonyl (C=O) groups is 1. The number of aliphatic carboxylic acids is 1. The maximum absolute atomic E-state index is 13.9. The maximum Gasteiger partial charge on any atom is 0.325 e. The van der Waals surface area contributed by atoms with Crippen LogP contribution < -0.4 is 5.73 Å². The number of nitrogens with zero attached hydrogens (tertiary/aromatic N) is 4. The normalized spacial score (nSPS) is 11.8. The summed E-state index contributed by atoms with van der Waals surface area (Å²) in [5.41, 5.74) is 6.53. The van der Waals surface area contributed by atoms with Crippen molar-refractivity contribution in [2.24, 2.45) is 10.7 Å². The predicted molar refractivity (Wildman–Crippen MR) is 86.2 cm³/mol. The lowest BCUT2D eigenvalue weighted by Crippen LogP contribution is -2.17. The van der Waals surface area contributed by atoms with Crippen LogP contribution in [0.1, 0.15) is 11.3 Å². The van der Waals surface area contributed by atoms with E-state index >= 15 is 0 Å². The summed E-state index contributed by atoms with van der Waals surface area (Å²) < 4.78 is 28.8. The number of amidine groups is 1. The molecule has 0 radical (unpaired) electrons. The van der Waals surface area contributed by atoms with E-state index in [4.69, 9.17) is 10.8 Å². The van der Waals surface area contributed by atoms with Gasteiger partial charge in [-0.05, 0) is 12.1 Å². The second-order valence-corrected chi connectivity index (χ2v) is 5.22. The van der Waals surface area contributed by atoms with Crippen molar-refractivity contribution in [2.75, 3.05) is 6.54 Å². The summed E-state index contributed by atoms with van der Waals surface area (Å²) in [4.78, 5) is 18.3. The first-order valence-electron chi connectivity index (χ1n) is 7.23. The smallest absolute Gasteiger partial charge is 0.325 e. The van der Waals surface area contributed by atoms with E-state index in [1.54, 1.807) is 18.2 Å². The van der Waals surface area contributed by atoms with E-state index in [0.717, 1.165) is 6.20 Å². The molecule has 0 bridgehead atoms. The molecule has 1 aromatic carbocycles. The van der Waals surface area contributed by atoms with Crippen LogP contribution >= 0.6 is 0 Å². The molecule has 0 aliphatic heterocycles. The van der Waals surface area contributed by atoms with Gasteiger partial charge in [-0.15, -0.1) is 0 Å². The minimum Gasteiger partial charge on any atom is -0.480 e. The number of carboxylic acids is 1. The van der Waals surface area contributed by atoms with Gasteiger partial charge in [-0.3, -0.25) is 9.79 Å². The largest absolute Gasteiger partial charge is 0.480 e. The molecule has 3 N–H and O–H groups in total. The second-order valence-electron chi connectivity index (χ2n) is 5.22. The molecule has 0 saturated carbocycles. The van der Waals surface area contributed by atoms with Crippen molar-refractivity contribution in [1.29, 1.82) is 0 Å².